The van der Waals surface area contributed by atoms with Gasteiger partial charge in [-0.1, -0.05) is 5.10 Å². The zero-order valence-electron chi connectivity index (χ0n) is 5.64. The molecule has 0 saturated carbocycles. The van der Waals surface area contributed by atoms with Gasteiger partial charge in [0.1, 0.15) is 0 Å². The molecule has 2 aromatic rings. The lowest BCUT2D eigenvalue weighted by Crippen LogP contribution is -1.93. The van der Waals surface area contributed by atoms with Crippen LogP contribution in [0.2, 0.25) is 0 Å². The van der Waals surface area contributed by atoms with E-state index in [0.29, 0.717) is 0 Å². The lowest BCUT2D eigenvalue weighted by molar-refractivity contribution is 0.492. The predicted octanol–water partition coefficient (Wildman–Crippen LogP) is -1.00. The smallest absolute Gasteiger partial charge is 0.399 e. The summed E-state index contributed by atoms with van der Waals surface area (Å²) in [6, 6.07) is -0.115. The van der Waals surface area contributed by atoms with Crippen LogP contribution in [0, 0.1) is 0 Å². The van der Waals surface area contributed by atoms with Crippen LogP contribution in [0.5, 0.6) is 0 Å². The van der Waals surface area contributed by atoms with E-state index < -0.39 is 5.76 Å². The van der Waals surface area contributed by atoms with Crippen molar-refractivity contribution in [1.82, 2.24) is 20.4 Å². The molecule has 0 aromatic carbocycles. The summed E-state index contributed by atoms with van der Waals surface area (Å²) in [5.74, 6) is -0.808. The van der Waals surface area contributed by atoms with Crippen LogP contribution in [0.4, 0.5) is 6.01 Å². The Morgan fingerprint density at radius 2 is 2.08 bits per heavy atom. The molecule has 0 amide bonds. The second-order valence-electron chi connectivity index (χ2n) is 1.86. The summed E-state index contributed by atoms with van der Waals surface area (Å²) in [7, 11) is 0. The summed E-state index contributed by atoms with van der Waals surface area (Å²) in [5.41, 5.74) is 5.12. The molecule has 12 heavy (non-hydrogen) atoms. The van der Waals surface area contributed by atoms with Crippen LogP contribution < -0.4 is 11.5 Å². The van der Waals surface area contributed by atoms with Crippen molar-refractivity contribution >= 4 is 6.01 Å². The molecule has 0 saturated heterocycles. The fraction of sp³-hybridized carbons (Fsp3) is 0. The summed E-state index contributed by atoms with van der Waals surface area (Å²) in [6.45, 7) is 0. The van der Waals surface area contributed by atoms with Gasteiger partial charge in [0, 0.05) is 0 Å². The molecule has 0 aliphatic carbocycles. The molecular weight excluding hydrogens is 166 g/mol. The quantitative estimate of drug-likeness (QED) is 0.560. The van der Waals surface area contributed by atoms with E-state index >= 15 is 0 Å². The zero-order valence-corrected chi connectivity index (χ0v) is 5.64. The first kappa shape index (κ1) is 6.58. The molecule has 0 atom stereocenters. The molecule has 0 radical (unpaired) electrons. The Balaban J connectivity index is 2.50. The normalized spacial score (nSPS) is 10.3. The van der Waals surface area contributed by atoms with Crippen molar-refractivity contribution in [2.45, 2.75) is 0 Å². The Morgan fingerprint density at radius 1 is 1.25 bits per heavy atom. The largest absolute Gasteiger partial charge is 0.434 e. The molecule has 2 rings (SSSR count). The van der Waals surface area contributed by atoms with E-state index in [-0.39, 0.29) is 17.8 Å². The van der Waals surface area contributed by atoms with E-state index in [0.717, 1.165) is 0 Å². The third kappa shape index (κ3) is 0.944. The summed E-state index contributed by atoms with van der Waals surface area (Å²) < 4.78 is 9.23. The van der Waals surface area contributed by atoms with Crippen molar-refractivity contribution in [2.75, 3.05) is 5.73 Å². The predicted molar refractivity (Wildman–Crippen MR) is 34.8 cm³/mol. The molecule has 0 fully saturated rings. The summed E-state index contributed by atoms with van der Waals surface area (Å²) >= 11 is 0. The van der Waals surface area contributed by atoms with Gasteiger partial charge in [-0.05, 0) is 0 Å². The fourth-order valence-corrected chi connectivity index (χ4v) is 0.642. The minimum Gasteiger partial charge on any atom is -0.399 e. The number of nitrogens with zero attached hydrogens (tertiary/aromatic N) is 3. The average molecular weight is 169 g/mol. The Bertz CT molecular complexity index is 439. The first-order chi connectivity index (χ1) is 5.75. The van der Waals surface area contributed by atoms with Crippen LogP contribution in [0.25, 0.3) is 11.8 Å². The fourth-order valence-electron chi connectivity index (χ4n) is 0.642. The summed E-state index contributed by atoms with van der Waals surface area (Å²) in [6.07, 6.45) is 0. The number of nitrogen functional groups attached to an aromatic ring is 1. The van der Waals surface area contributed by atoms with Gasteiger partial charge in [-0.25, -0.2) is 9.89 Å². The first-order valence-corrected chi connectivity index (χ1v) is 2.90. The minimum absolute atomic E-state index is 0.0362. The number of aromatic amines is 1. The van der Waals surface area contributed by atoms with Gasteiger partial charge in [-0.2, -0.15) is 0 Å². The lowest BCUT2D eigenvalue weighted by Gasteiger charge is -1.79. The van der Waals surface area contributed by atoms with E-state index in [1.54, 1.807) is 0 Å². The van der Waals surface area contributed by atoms with Crippen molar-refractivity contribution in [3.63, 3.8) is 0 Å². The van der Waals surface area contributed by atoms with Crippen molar-refractivity contribution < 1.29 is 8.83 Å². The molecular formula is C4H3N5O3. The highest BCUT2D eigenvalue weighted by Crippen LogP contribution is 2.12. The van der Waals surface area contributed by atoms with Crippen LogP contribution in [0.15, 0.2) is 13.6 Å². The van der Waals surface area contributed by atoms with Crippen molar-refractivity contribution in [1.29, 1.82) is 0 Å². The van der Waals surface area contributed by atoms with E-state index in [4.69, 9.17) is 10.2 Å². The summed E-state index contributed by atoms with van der Waals surface area (Å²) in [5, 5.41) is 12.3. The molecule has 0 aliphatic heterocycles. The highest BCUT2D eigenvalue weighted by Gasteiger charge is 2.11. The van der Waals surface area contributed by atoms with Crippen LogP contribution in [-0.4, -0.2) is 20.4 Å². The van der Waals surface area contributed by atoms with Gasteiger partial charge in [0.25, 0.3) is 0 Å². The number of hydrogen-bond donors (Lipinski definition) is 2. The molecule has 2 aromatic heterocycles. The van der Waals surface area contributed by atoms with Gasteiger partial charge in [0.2, 0.25) is 0 Å². The molecule has 0 unspecified atom stereocenters. The van der Waals surface area contributed by atoms with E-state index in [1.807, 2.05) is 5.10 Å². The first-order valence-electron chi connectivity index (χ1n) is 2.90. The molecule has 0 aliphatic rings. The number of nitrogens with one attached hydrogen (secondary N) is 1. The third-order valence-electron chi connectivity index (χ3n) is 1.06. The van der Waals surface area contributed by atoms with Crippen molar-refractivity contribution in [3.05, 3.63) is 10.6 Å². The molecule has 62 valence electrons. The minimum atomic E-state index is -0.693. The maximum atomic E-state index is 10.5. The number of anilines is 1. The number of rotatable bonds is 1. The van der Waals surface area contributed by atoms with Crippen molar-refractivity contribution in [3.8, 4) is 11.8 Å². The topological polar surface area (TPSA) is 124 Å². The van der Waals surface area contributed by atoms with Crippen molar-refractivity contribution in [2.24, 2.45) is 0 Å². The van der Waals surface area contributed by atoms with Gasteiger partial charge in [-0.15, -0.1) is 10.2 Å². The molecule has 2 heterocycles. The molecule has 8 heteroatoms. The monoisotopic (exact) mass is 169 g/mol. The Hall–Kier alpha value is -2.12. The van der Waals surface area contributed by atoms with Gasteiger partial charge in [0.15, 0.2) is 0 Å². The standard InChI is InChI=1S/C4H3N5O3/c5-3-8-6-1(11-3)2-7-9-4(10)12-2/h(H2,5,8)(H,9,10). The molecule has 0 bridgehead atoms. The lowest BCUT2D eigenvalue weighted by atomic mass is 10.7. The highest BCUT2D eigenvalue weighted by molar-refractivity contribution is 5.35. The van der Waals surface area contributed by atoms with Crippen LogP contribution in [-0.2, 0) is 0 Å². The average Bonchev–Trinajstić information content (AvgIpc) is 2.58. The highest BCUT2D eigenvalue weighted by atomic mass is 16.4. The molecule has 8 nitrogen and oxygen atoms in total. The number of H-pyrrole nitrogens is 1. The second-order valence-corrected chi connectivity index (χ2v) is 1.86. The number of aromatic nitrogens is 4. The summed E-state index contributed by atoms with van der Waals surface area (Å²) in [4.78, 5) is 10.5. The number of nitrogens with two attached hydrogens (primary N) is 1. The Labute approximate surface area is 64.4 Å². The van der Waals surface area contributed by atoms with E-state index in [1.165, 1.54) is 0 Å². The number of hydrogen-bond acceptors (Lipinski definition) is 7. The van der Waals surface area contributed by atoms with Gasteiger partial charge >= 0.3 is 23.6 Å². The SMILES string of the molecule is Nc1nnc(-c2n[nH]c(=O)o2)o1. The van der Waals surface area contributed by atoms with Crippen LogP contribution in [0.3, 0.4) is 0 Å². The second kappa shape index (κ2) is 2.19. The van der Waals surface area contributed by atoms with E-state index in [9.17, 15) is 4.79 Å². The third-order valence-corrected chi connectivity index (χ3v) is 1.06. The van der Waals surface area contributed by atoms with Crippen LogP contribution in [0.1, 0.15) is 0 Å². The van der Waals surface area contributed by atoms with Gasteiger partial charge in [0.05, 0.1) is 0 Å². The maximum absolute atomic E-state index is 10.5. The maximum Gasteiger partial charge on any atom is 0.434 e. The van der Waals surface area contributed by atoms with Gasteiger partial charge in [-0.3, -0.25) is 0 Å². The zero-order chi connectivity index (χ0) is 8.55. The molecule has 3 N–H and O–H groups in total. The van der Waals surface area contributed by atoms with E-state index in [2.05, 4.69) is 19.7 Å². The molecule has 0 spiro atoms. The van der Waals surface area contributed by atoms with Crippen LogP contribution >= 0.6 is 0 Å². The van der Waals surface area contributed by atoms with Gasteiger partial charge < -0.3 is 14.6 Å². The Morgan fingerprint density at radius 3 is 2.58 bits per heavy atom. The Kier molecular flexibility index (Phi) is 1.20.